The summed E-state index contributed by atoms with van der Waals surface area (Å²) in [5, 5.41) is 10.7. The maximum Gasteiger partial charge on any atom is 0.305 e. The molecule has 18 heavy (non-hydrogen) atoms. The molecule has 0 amide bonds. The number of benzene rings is 2. The minimum atomic E-state index is -0.821. The van der Waals surface area contributed by atoms with E-state index < -0.39 is 16.4 Å². The Labute approximate surface area is 109 Å². The van der Waals surface area contributed by atoms with Gasteiger partial charge in [-0.1, -0.05) is 18.2 Å². The molecule has 0 aromatic heterocycles. The molecule has 0 radical (unpaired) electrons. The van der Waals surface area contributed by atoms with Crippen molar-refractivity contribution in [2.24, 2.45) is 0 Å². The van der Waals surface area contributed by atoms with Gasteiger partial charge in [0, 0.05) is 11.0 Å². The Morgan fingerprint density at radius 3 is 2.50 bits per heavy atom. The minimum absolute atomic E-state index is 0.521. The summed E-state index contributed by atoms with van der Waals surface area (Å²) >= 11 is 4.30. The van der Waals surface area contributed by atoms with Crippen molar-refractivity contribution >= 4 is 18.3 Å². The number of rotatable bonds is 2. The van der Waals surface area contributed by atoms with Crippen LogP contribution in [0.15, 0.2) is 41.3 Å². The monoisotopic (exact) mass is 263 g/mol. The number of aryl methyl sites for hydroxylation is 1. The van der Waals surface area contributed by atoms with E-state index in [4.69, 9.17) is 0 Å². The molecule has 0 bridgehead atoms. The molecule has 0 atom stereocenters. The Morgan fingerprint density at radius 2 is 1.89 bits per heavy atom. The lowest BCUT2D eigenvalue weighted by Gasteiger charge is -2.09. The summed E-state index contributed by atoms with van der Waals surface area (Å²) in [4.78, 5) is 10.7. The normalized spacial score (nSPS) is 10.4. The Hall–Kier alpha value is -1.88. The molecule has 0 aliphatic rings. The Bertz CT molecular complexity index is 628. The summed E-state index contributed by atoms with van der Waals surface area (Å²) in [7, 11) is 0. The second-order valence-corrected chi connectivity index (χ2v) is 4.37. The van der Waals surface area contributed by atoms with Gasteiger partial charge in [0.15, 0.2) is 0 Å². The molecule has 0 N–H and O–H groups in total. The van der Waals surface area contributed by atoms with Crippen LogP contribution in [0.3, 0.4) is 0 Å². The third-order valence-electron chi connectivity index (χ3n) is 2.68. The predicted molar refractivity (Wildman–Crippen MR) is 70.5 cm³/mol. The SMILES string of the molecule is Cc1cc(F)c([N+](=O)[O-])cc1-c1ccccc1S. The van der Waals surface area contributed by atoms with E-state index in [-0.39, 0.29) is 0 Å². The fraction of sp³-hybridized carbons (Fsp3) is 0.0769. The lowest BCUT2D eigenvalue weighted by Crippen LogP contribution is -1.95. The second-order valence-electron chi connectivity index (χ2n) is 3.89. The van der Waals surface area contributed by atoms with Crippen molar-refractivity contribution in [2.45, 2.75) is 11.8 Å². The Morgan fingerprint density at radius 1 is 1.22 bits per heavy atom. The number of nitrogens with zero attached hydrogens (tertiary/aromatic N) is 1. The molecule has 0 aliphatic carbocycles. The first-order chi connectivity index (χ1) is 8.50. The van der Waals surface area contributed by atoms with Gasteiger partial charge in [-0.3, -0.25) is 10.1 Å². The summed E-state index contributed by atoms with van der Waals surface area (Å²) in [5.41, 5.74) is 1.49. The van der Waals surface area contributed by atoms with Gasteiger partial charge in [-0.05, 0) is 35.7 Å². The number of hydrogen-bond acceptors (Lipinski definition) is 3. The lowest BCUT2D eigenvalue weighted by atomic mass is 9.99. The van der Waals surface area contributed by atoms with E-state index >= 15 is 0 Å². The highest BCUT2D eigenvalue weighted by Crippen LogP contribution is 2.33. The van der Waals surface area contributed by atoms with Gasteiger partial charge in [-0.15, -0.1) is 12.6 Å². The first-order valence-corrected chi connectivity index (χ1v) is 5.68. The maximum atomic E-state index is 13.4. The highest BCUT2D eigenvalue weighted by molar-refractivity contribution is 7.80. The molecule has 0 heterocycles. The Balaban J connectivity index is 2.69. The third kappa shape index (κ3) is 2.22. The van der Waals surface area contributed by atoms with Gasteiger partial charge >= 0.3 is 5.69 Å². The van der Waals surface area contributed by atoms with Gasteiger partial charge in [-0.2, -0.15) is 4.39 Å². The molecule has 3 nitrogen and oxygen atoms in total. The van der Waals surface area contributed by atoms with Crippen LogP contribution in [0.2, 0.25) is 0 Å². The average molecular weight is 263 g/mol. The zero-order chi connectivity index (χ0) is 13.3. The van der Waals surface area contributed by atoms with Gasteiger partial charge in [-0.25, -0.2) is 0 Å². The van der Waals surface area contributed by atoms with Crippen LogP contribution in [-0.2, 0) is 0 Å². The summed E-state index contributed by atoms with van der Waals surface area (Å²) in [5.74, 6) is -0.821. The number of nitro benzene ring substituents is 1. The molecule has 2 aromatic rings. The van der Waals surface area contributed by atoms with Crippen molar-refractivity contribution in [1.29, 1.82) is 0 Å². The summed E-state index contributed by atoms with van der Waals surface area (Å²) in [6, 6.07) is 9.63. The molecular weight excluding hydrogens is 253 g/mol. The van der Waals surface area contributed by atoms with Crippen molar-refractivity contribution in [3.8, 4) is 11.1 Å². The fourth-order valence-electron chi connectivity index (χ4n) is 1.79. The standard InChI is InChI=1S/C13H10FNO2S/c1-8-6-11(14)12(15(16)17)7-10(8)9-4-2-3-5-13(9)18/h2-7,18H,1H3. The molecule has 0 saturated heterocycles. The van der Waals surface area contributed by atoms with Crippen LogP contribution in [0, 0.1) is 22.9 Å². The van der Waals surface area contributed by atoms with Crippen molar-refractivity contribution in [1.82, 2.24) is 0 Å². The van der Waals surface area contributed by atoms with Gasteiger partial charge < -0.3 is 0 Å². The van der Waals surface area contributed by atoms with Crippen LogP contribution in [-0.4, -0.2) is 4.92 Å². The van der Waals surface area contributed by atoms with Crippen LogP contribution in [0.5, 0.6) is 0 Å². The van der Waals surface area contributed by atoms with Gasteiger partial charge in [0.25, 0.3) is 0 Å². The van der Waals surface area contributed by atoms with E-state index in [1.807, 2.05) is 12.1 Å². The minimum Gasteiger partial charge on any atom is -0.258 e. The van der Waals surface area contributed by atoms with E-state index in [1.54, 1.807) is 19.1 Å². The van der Waals surface area contributed by atoms with E-state index in [2.05, 4.69) is 12.6 Å². The Kier molecular flexibility index (Phi) is 3.34. The maximum absolute atomic E-state index is 13.4. The quantitative estimate of drug-likeness (QED) is 0.505. The van der Waals surface area contributed by atoms with Crippen molar-refractivity contribution in [2.75, 3.05) is 0 Å². The summed E-state index contributed by atoms with van der Waals surface area (Å²) in [6.07, 6.45) is 0. The van der Waals surface area contributed by atoms with Gasteiger partial charge in [0.2, 0.25) is 5.82 Å². The predicted octanol–water partition coefficient (Wildman–Crippen LogP) is 4.00. The van der Waals surface area contributed by atoms with Crippen LogP contribution >= 0.6 is 12.6 Å². The number of hydrogen-bond donors (Lipinski definition) is 1. The summed E-state index contributed by atoms with van der Waals surface area (Å²) < 4.78 is 13.4. The largest absolute Gasteiger partial charge is 0.305 e. The molecule has 0 fully saturated rings. The molecule has 0 spiro atoms. The van der Waals surface area contributed by atoms with E-state index in [9.17, 15) is 14.5 Å². The van der Waals surface area contributed by atoms with Crippen molar-refractivity contribution in [3.05, 3.63) is 57.9 Å². The highest BCUT2D eigenvalue weighted by atomic mass is 32.1. The first-order valence-electron chi connectivity index (χ1n) is 5.23. The number of halogens is 1. The van der Waals surface area contributed by atoms with Gasteiger partial charge in [0.1, 0.15) is 0 Å². The highest BCUT2D eigenvalue weighted by Gasteiger charge is 2.18. The molecule has 92 valence electrons. The van der Waals surface area contributed by atoms with Crippen LogP contribution in [0.4, 0.5) is 10.1 Å². The average Bonchev–Trinajstić information content (AvgIpc) is 2.30. The smallest absolute Gasteiger partial charge is 0.258 e. The summed E-state index contributed by atoms with van der Waals surface area (Å²) in [6.45, 7) is 1.71. The molecule has 5 heteroatoms. The van der Waals surface area contributed by atoms with E-state index in [0.717, 1.165) is 5.56 Å². The zero-order valence-electron chi connectivity index (χ0n) is 9.55. The van der Waals surface area contributed by atoms with Crippen molar-refractivity contribution in [3.63, 3.8) is 0 Å². The molecule has 0 aliphatic heterocycles. The fourth-order valence-corrected chi connectivity index (χ4v) is 2.07. The van der Waals surface area contributed by atoms with Crippen LogP contribution in [0.1, 0.15) is 5.56 Å². The number of nitro groups is 1. The molecule has 2 rings (SSSR count). The molecule has 2 aromatic carbocycles. The molecule has 0 saturated carbocycles. The zero-order valence-corrected chi connectivity index (χ0v) is 10.4. The second kappa shape index (κ2) is 4.78. The first kappa shape index (κ1) is 12.6. The lowest BCUT2D eigenvalue weighted by molar-refractivity contribution is -0.387. The molecular formula is C13H10FNO2S. The van der Waals surface area contributed by atoms with E-state index in [0.29, 0.717) is 16.0 Å². The third-order valence-corrected chi connectivity index (χ3v) is 3.07. The van der Waals surface area contributed by atoms with Crippen molar-refractivity contribution < 1.29 is 9.31 Å². The van der Waals surface area contributed by atoms with Crippen LogP contribution in [0.25, 0.3) is 11.1 Å². The number of thiol groups is 1. The van der Waals surface area contributed by atoms with E-state index in [1.165, 1.54) is 12.1 Å². The van der Waals surface area contributed by atoms with Crippen LogP contribution < -0.4 is 0 Å². The topological polar surface area (TPSA) is 43.1 Å². The van der Waals surface area contributed by atoms with Gasteiger partial charge in [0.05, 0.1) is 4.92 Å². The molecule has 0 unspecified atom stereocenters.